The zero-order chi connectivity index (χ0) is 24.2. The molecule has 4 rings (SSSR count). The van der Waals surface area contributed by atoms with Gasteiger partial charge in [-0.3, -0.25) is 9.59 Å². The number of nitrogens with zero attached hydrogens (tertiary/aromatic N) is 2. The molecule has 3 aromatic rings. The first kappa shape index (κ1) is 23.4. The third-order valence-electron chi connectivity index (χ3n) is 5.69. The number of anilines is 2. The van der Waals surface area contributed by atoms with E-state index >= 15 is 0 Å². The molecule has 3 aromatic carbocycles. The van der Waals surface area contributed by atoms with Gasteiger partial charge in [0.2, 0.25) is 5.91 Å². The molecule has 1 heterocycles. The lowest BCUT2D eigenvalue weighted by atomic mass is 10.1. The molecule has 1 fully saturated rings. The second kappa shape index (κ2) is 10.1. The van der Waals surface area contributed by atoms with E-state index in [4.69, 9.17) is 11.6 Å². The van der Waals surface area contributed by atoms with Crippen LogP contribution in [0.15, 0.2) is 72.8 Å². The largest absolute Gasteiger partial charge is 0.332 e. The zero-order valence-corrected chi connectivity index (χ0v) is 19.3. The number of rotatable bonds is 7. The highest BCUT2D eigenvalue weighted by Crippen LogP contribution is 2.29. The Hall–Kier alpha value is -3.71. The minimum absolute atomic E-state index is 0.0537. The summed E-state index contributed by atoms with van der Waals surface area (Å²) in [5, 5.41) is 3.26. The van der Waals surface area contributed by atoms with Crippen molar-refractivity contribution >= 4 is 40.8 Å². The molecule has 4 amide bonds. The van der Waals surface area contributed by atoms with Crippen molar-refractivity contribution in [2.45, 2.75) is 32.4 Å². The fourth-order valence-corrected chi connectivity index (χ4v) is 3.97. The Balaban J connectivity index is 1.58. The number of amides is 4. The van der Waals surface area contributed by atoms with Gasteiger partial charge in [0.25, 0.3) is 5.91 Å². The first-order valence-electron chi connectivity index (χ1n) is 10.9. The highest BCUT2D eigenvalue weighted by Gasteiger charge is 2.46. The van der Waals surface area contributed by atoms with Gasteiger partial charge < -0.3 is 10.2 Å². The van der Waals surface area contributed by atoms with Crippen molar-refractivity contribution in [1.82, 2.24) is 4.90 Å². The first-order valence-corrected chi connectivity index (χ1v) is 11.3. The maximum Gasteiger partial charge on any atom is 0.332 e. The predicted octanol–water partition coefficient (Wildman–Crippen LogP) is 5.41. The van der Waals surface area contributed by atoms with Gasteiger partial charge in [0.05, 0.1) is 12.1 Å². The molecule has 0 aromatic heterocycles. The van der Waals surface area contributed by atoms with E-state index in [0.29, 0.717) is 22.0 Å². The van der Waals surface area contributed by atoms with Gasteiger partial charge in [-0.05, 0) is 66.1 Å². The second-order valence-electron chi connectivity index (χ2n) is 8.01. The van der Waals surface area contributed by atoms with E-state index in [1.165, 1.54) is 17.0 Å². The number of carbonyl (C=O) groups is 3. The number of hydrogen-bond acceptors (Lipinski definition) is 3. The van der Waals surface area contributed by atoms with Crippen molar-refractivity contribution in [3.8, 4) is 0 Å². The van der Waals surface area contributed by atoms with Crippen LogP contribution in [0.3, 0.4) is 0 Å². The van der Waals surface area contributed by atoms with Crippen LogP contribution in [0.25, 0.3) is 0 Å². The van der Waals surface area contributed by atoms with Crippen molar-refractivity contribution in [1.29, 1.82) is 0 Å². The number of carbonyl (C=O) groups excluding carboxylic acids is 3. The van der Waals surface area contributed by atoms with Crippen LogP contribution in [-0.4, -0.2) is 28.8 Å². The van der Waals surface area contributed by atoms with Crippen molar-refractivity contribution in [2.24, 2.45) is 0 Å². The van der Waals surface area contributed by atoms with E-state index < -0.39 is 29.7 Å². The predicted molar refractivity (Wildman–Crippen MR) is 129 cm³/mol. The summed E-state index contributed by atoms with van der Waals surface area (Å²) >= 11 is 5.95. The first-order chi connectivity index (χ1) is 16.4. The normalized spacial score (nSPS) is 15.7. The molecule has 0 spiro atoms. The lowest BCUT2D eigenvalue weighted by Gasteiger charge is -2.21. The highest BCUT2D eigenvalue weighted by molar-refractivity contribution is 6.30. The average Bonchev–Trinajstić information content (AvgIpc) is 3.05. The van der Waals surface area contributed by atoms with Gasteiger partial charge in [-0.25, -0.2) is 14.1 Å². The Morgan fingerprint density at radius 1 is 0.941 bits per heavy atom. The Labute approximate surface area is 201 Å². The van der Waals surface area contributed by atoms with E-state index in [9.17, 15) is 18.8 Å². The molecule has 0 unspecified atom stereocenters. The summed E-state index contributed by atoms with van der Waals surface area (Å²) in [7, 11) is 0. The third kappa shape index (κ3) is 5.10. The number of benzene rings is 3. The van der Waals surface area contributed by atoms with Crippen LogP contribution in [0, 0.1) is 5.82 Å². The Morgan fingerprint density at radius 2 is 1.56 bits per heavy atom. The molecular formula is C26H23ClFN3O3. The number of urea groups is 1. The Kier molecular flexibility index (Phi) is 6.93. The number of aryl methyl sites for hydroxylation is 1. The van der Waals surface area contributed by atoms with Gasteiger partial charge in [-0.15, -0.1) is 0 Å². The lowest BCUT2D eigenvalue weighted by molar-refractivity contribution is -0.124. The van der Waals surface area contributed by atoms with Gasteiger partial charge in [-0.1, -0.05) is 42.8 Å². The summed E-state index contributed by atoms with van der Waals surface area (Å²) in [5.74, 6) is -1.30. The zero-order valence-electron chi connectivity index (χ0n) is 18.5. The number of imide groups is 1. The molecule has 1 aliphatic heterocycles. The van der Waals surface area contributed by atoms with E-state index in [-0.39, 0.29) is 13.0 Å². The van der Waals surface area contributed by atoms with Crippen LogP contribution >= 0.6 is 11.6 Å². The van der Waals surface area contributed by atoms with Crippen molar-refractivity contribution in [3.63, 3.8) is 0 Å². The quantitative estimate of drug-likeness (QED) is 0.461. The molecule has 1 saturated heterocycles. The van der Waals surface area contributed by atoms with Gasteiger partial charge in [-0.2, -0.15) is 0 Å². The van der Waals surface area contributed by atoms with Crippen molar-refractivity contribution in [3.05, 3.63) is 94.8 Å². The summed E-state index contributed by atoms with van der Waals surface area (Å²) < 4.78 is 13.4. The standard InChI is InChI=1S/C26H23ClFN3O3/c1-2-17-5-11-21(12-6-17)29-24(32)15-23-25(33)31(22-13-7-19(27)8-14-22)26(34)30(23)16-18-3-9-20(28)10-4-18/h3-14,23H,2,15-16H2,1H3,(H,29,32)/t23-/m1/s1. The molecule has 1 atom stereocenters. The Bertz CT molecular complexity index is 1200. The molecular weight excluding hydrogens is 457 g/mol. The average molecular weight is 480 g/mol. The van der Waals surface area contributed by atoms with E-state index in [1.54, 1.807) is 48.5 Å². The molecule has 0 bridgehead atoms. The van der Waals surface area contributed by atoms with Crippen LogP contribution in [-0.2, 0) is 22.6 Å². The molecule has 1 aliphatic rings. The van der Waals surface area contributed by atoms with Crippen molar-refractivity contribution < 1.29 is 18.8 Å². The molecule has 0 aliphatic carbocycles. The third-order valence-corrected chi connectivity index (χ3v) is 5.95. The van der Waals surface area contributed by atoms with Crippen LogP contribution in [0.1, 0.15) is 24.5 Å². The number of hydrogen-bond donors (Lipinski definition) is 1. The monoisotopic (exact) mass is 479 g/mol. The van der Waals surface area contributed by atoms with Gasteiger partial charge >= 0.3 is 6.03 Å². The van der Waals surface area contributed by atoms with Crippen LogP contribution in [0.2, 0.25) is 5.02 Å². The van der Waals surface area contributed by atoms with E-state index in [1.807, 2.05) is 19.1 Å². The van der Waals surface area contributed by atoms with E-state index in [2.05, 4.69) is 5.32 Å². The molecule has 174 valence electrons. The maximum atomic E-state index is 13.4. The molecule has 0 radical (unpaired) electrons. The lowest BCUT2D eigenvalue weighted by Crippen LogP contribution is -2.37. The smallest absolute Gasteiger partial charge is 0.326 e. The molecule has 1 N–H and O–H groups in total. The fourth-order valence-electron chi connectivity index (χ4n) is 3.84. The van der Waals surface area contributed by atoms with Gasteiger partial charge in [0, 0.05) is 17.3 Å². The van der Waals surface area contributed by atoms with Crippen LogP contribution < -0.4 is 10.2 Å². The molecule has 6 nitrogen and oxygen atoms in total. The topological polar surface area (TPSA) is 69.7 Å². The summed E-state index contributed by atoms with van der Waals surface area (Å²) in [5.41, 5.74) is 2.75. The second-order valence-corrected chi connectivity index (χ2v) is 8.44. The SMILES string of the molecule is CCc1ccc(NC(=O)C[C@@H]2C(=O)N(c3ccc(Cl)cc3)C(=O)N2Cc2ccc(F)cc2)cc1. The van der Waals surface area contributed by atoms with Gasteiger partial charge in [0.1, 0.15) is 11.9 Å². The maximum absolute atomic E-state index is 13.4. The van der Waals surface area contributed by atoms with Gasteiger partial charge in [0.15, 0.2) is 0 Å². The van der Waals surface area contributed by atoms with Crippen molar-refractivity contribution in [2.75, 3.05) is 10.2 Å². The minimum Gasteiger partial charge on any atom is -0.326 e. The highest BCUT2D eigenvalue weighted by atomic mass is 35.5. The fraction of sp³-hybridized carbons (Fsp3) is 0.192. The summed E-state index contributed by atoms with van der Waals surface area (Å²) in [6, 6.07) is 17.9. The molecule has 34 heavy (non-hydrogen) atoms. The Morgan fingerprint density at radius 3 is 2.18 bits per heavy atom. The van der Waals surface area contributed by atoms with E-state index in [0.717, 1.165) is 16.9 Å². The summed E-state index contributed by atoms with van der Waals surface area (Å²) in [4.78, 5) is 41.8. The number of nitrogens with one attached hydrogen (secondary N) is 1. The van der Waals surface area contributed by atoms with Crippen LogP contribution in [0.4, 0.5) is 20.6 Å². The minimum atomic E-state index is -1.01. The summed E-state index contributed by atoms with van der Waals surface area (Å²) in [6.07, 6.45) is 0.664. The van der Waals surface area contributed by atoms with Crippen LogP contribution in [0.5, 0.6) is 0 Å². The molecule has 8 heteroatoms. The number of halogens is 2. The molecule has 0 saturated carbocycles. The summed E-state index contributed by atoms with van der Waals surface area (Å²) in [6.45, 7) is 2.09.